The van der Waals surface area contributed by atoms with Gasteiger partial charge in [-0.1, -0.05) is 13.8 Å². The highest BCUT2D eigenvalue weighted by Gasteiger charge is 2.22. The highest BCUT2D eigenvalue weighted by Crippen LogP contribution is 2.09. The molecule has 0 aromatic heterocycles. The number of carbonyl (C=O) groups is 1. The van der Waals surface area contributed by atoms with Crippen LogP contribution >= 0.6 is 0 Å². The summed E-state index contributed by atoms with van der Waals surface area (Å²) < 4.78 is 10.7. The summed E-state index contributed by atoms with van der Waals surface area (Å²) in [6.07, 6.45) is -0.0247. The Hall–Kier alpha value is -0.650. The molecule has 1 aliphatic rings. The van der Waals surface area contributed by atoms with Crippen LogP contribution in [0.1, 0.15) is 13.8 Å². The second-order valence-electron chi connectivity index (χ2n) is 4.40. The Kier molecular flexibility index (Phi) is 5.73. The third kappa shape index (κ3) is 4.08. The minimum Gasteiger partial charge on any atom is -0.376 e. The number of hydrogen-bond acceptors (Lipinski definition) is 4. The van der Waals surface area contributed by atoms with Crippen LogP contribution in [0.3, 0.4) is 0 Å². The summed E-state index contributed by atoms with van der Waals surface area (Å²) in [6, 6.07) is 0. The molecule has 0 spiro atoms. The van der Waals surface area contributed by atoms with Crippen molar-refractivity contribution in [1.82, 2.24) is 5.32 Å². The van der Waals surface area contributed by atoms with Gasteiger partial charge in [0.1, 0.15) is 0 Å². The first-order valence-electron chi connectivity index (χ1n) is 5.82. The van der Waals surface area contributed by atoms with E-state index >= 15 is 0 Å². The van der Waals surface area contributed by atoms with Crippen LogP contribution in [0, 0.1) is 11.8 Å². The Bertz CT molecular complexity index is 215. The highest BCUT2D eigenvalue weighted by atomic mass is 16.6. The van der Waals surface area contributed by atoms with Gasteiger partial charge in [0.25, 0.3) is 0 Å². The smallest absolute Gasteiger partial charge is 0.224 e. The molecule has 0 aromatic carbocycles. The molecule has 0 aliphatic carbocycles. The van der Waals surface area contributed by atoms with Crippen LogP contribution in [0.5, 0.6) is 0 Å². The zero-order chi connectivity index (χ0) is 12.0. The zero-order valence-corrected chi connectivity index (χ0v) is 10.1. The van der Waals surface area contributed by atoms with Crippen molar-refractivity contribution in [3.63, 3.8) is 0 Å². The van der Waals surface area contributed by atoms with Crippen molar-refractivity contribution in [2.75, 3.05) is 32.9 Å². The molecule has 2 atom stereocenters. The van der Waals surface area contributed by atoms with Crippen molar-refractivity contribution in [3.05, 3.63) is 0 Å². The molecular weight excluding hydrogens is 208 g/mol. The van der Waals surface area contributed by atoms with Crippen molar-refractivity contribution in [2.24, 2.45) is 17.6 Å². The van der Waals surface area contributed by atoms with E-state index in [1.807, 2.05) is 13.8 Å². The molecule has 1 fully saturated rings. The normalized spacial score (nSPS) is 23.1. The minimum absolute atomic E-state index is 0.00618. The van der Waals surface area contributed by atoms with Crippen molar-refractivity contribution in [2.45, 2.75) is 20.0 Å². The third-order valence-corrected chi connectivity index (χ3v) is 2.78. The molecule has 2 unspecified atom stereocenters. The van der Waals surface area contributed by atoms with Crippen LogP contribution < -0.4 is 11.1 Å². The van der Waals surface area contributed by atoms with E-state index in [-0.39, 0.29) is 23.8 Å². The standard InChI is InChI=1S/C11H22N2O3/c1-8(2)10(5-12)11(14)13-6-9-7-15-3-4-16-9/h8-10H,3-7,12H2,1-2H3,(H,13,14). The number of rotatable bonds is 5. The topological polar surface area (TPSA) is 73.6 Å². The summed E-state index contributed by atoms with van der Waals surface area (Å²) in [5, 5.41) is 2.86. The number of hydrogen-bond donors (Lipinski definition) is 2. The molecule has 3 N–H and O–H groups in total. The maximum Gasteiger partial charge on any atom is 0.224 e. The molecule has 1 saturated heterocycles. The monoisotopic (exact) mass is 230 g/mol. The van der Waals surface area contributed by atoms with Gasteiger partial charge in [0.2, 0.25) is 5.91 Å². The molecule has 0 saturated carbocycles. The van der Waals surface area contributed by atoms with E-state index in [9.17, 15) is 4.79 Å². The Balaban J connectivity index is 2.27. The Morgan fingerprint density at radius 3 is 2.75 bits per heavy atom. The maximum absolute atomic E-state index is 11.8. The van der Waals surface area contributed by atoms with Crippen molar-refractivity contribution < 1.29 is 14.3 Å². The van der Waals surface area contributed by atoms with Crippen LogP contribution in [0.25, 0.3) is 0 Å². The molecule has 94 valence electrons. The summed E-state index contributed by atoms with van der Waals surface area (Å²) >= 11 is 0. The van der Waals surface area contributed by atoms with Gasteiger partial charge >= 0.3 is 0 Å². The second kappa shape index (κ2) is 6.83. The minimum atomic E-state index is -0.121. The molecule has 1 rings (SSSR count). The Morgan fingerprint density at radius 1 is 1.50 bits per heavy atom. The van der Waals surface area contributed by atoms with Crippen molar-refractivity contribution in [1.29, 1.82) is 0 Å². The molecular formula is C11H22N2O3. The SMILES string of the molecule is CC(C)C(CN)C(=O)NCC1COCCO1. The van der Waals surface area contributed by atoms with Crippen molar-refractivity contribution >= 4 is 5.91 Å². The molecule has 1 aliphatic heterocycles. The number of nitrogens with one attached hydrogen (secondary N) is 1. The lowest BCUT2D eigenvalue weighted by Crippen LogP contribution is -2.44. The Labute approximate surface area is 96.7 Å². The van der Waals surface area contributed by atoms with Crippen LogP contribution in [0.15, 0.2) is 0 Å². The maximum atomic E-state index is 11.8. The van der Waals surface area contributed by atoms with E-state index in [1.165, 1.54) is 0 Å². The fourth-order valence-electron chi connectivity index (χ4n) is 1.68. The van der Waals surface area contributed by atoms with E-state index in [0.717, 1.165) is 0 Å². The van der Waals surface area contributed by atoms with Crippen LogP contribution in [0.2, 0.25) is 0 Å². The highest BCUT2D eigenvalue weighted by molar-refractivity contribution is 5.79. The van der Waals surface area contributed by atoms with E-state index < -0.39 is 0 Å². The van der Waals surface area contributed by atoms with Gasteiger partial charge in [0.15, 0.2) is 0 Å². The molecule has 0 radical (unpaired) electrons. The molecule has 0 bridgehead atoms. The van der Waals surface area contributed by atoms with Gasteiger partial charge in [-0.3, -0.25) is 4.79 Å². The van der Waals surface area contributed by atoms with Gasteiger partial charge in [-0.25, -0.2) is 0 Å². The second-order valence-corrected chi connectivity index (χ2v) is 4.40. The first kappa shape index (κ1) is 13.4. The van der Waals surface area contributed by atoms with E-state index in [0.29, 0.717) is 32.9 Å². The van der Waals surface area contributed by atoms with Crippen LogP contribution in [-0.2, 0) is 14.3 Å². The first-order valence-corrected chi connectivity index (χ1v) is 5.82. The van der Waals surface area contributed by atoms with E-state index in [2.05, 4.69) is 5.32 Å². The lowest BCUT2D eigenvalue weighted by atomic mass is 9.95. The molecule has 0 aromatic rings. The third-order valence-electron chi connectivity index (χ3n) is 2.78. The Morgan fingerprint density at radius 2 is 2.25 bits per heavy atom. The lowest BCUT2D eigenvalue weighted by molar-refractivity contribution is -0.128. The number of carbonyl (C=O) groups excluding carboxylic acids is 1. The molecule has 1 heterocycles. The summed E-state index contributed by atoms with van der Waals surface area (Å²) in [5.41, 5.74) is 5.57. The quantitative estimate of drug-likeness (QED) is 0.683. The van der Waals surface area contributed by atoms with Gasteiger partial charge in [0.05, 0.1) is 31.8 Å². The van der Waals surface area contributed by atoms with Gasteiger partial charge in [-0.05, 0) is 5.92 Å². The average Bonchev–Trinajstić information content (AvgIpc) is 2.28. The van der Waals surface area contributed by atoms with Gasteiger partial charge in [-0.2, -0.15) is 0 Å². The molecule has 1 amide bonds. The number of ether oxygens (including phenoxy) is 2. The zero-order valence-electron chi connectivity index (χ0n) is 10.1. The van der Waals surface area contributed by atoms with Gasteiger partial charge < -0.3 is 20.5 Å². The predicted molar refractivity (Wildman–Crippen MR) is 61.0 cm³/mol. The van der Waals surface area contributed by atoms with Gasteiger partial charge in [0, 0.05) is 13.1 Å². The summed E-state index contributed by atoms with van der Waals surface area (Å²) in [6.45, 7) is 6.67. The summed E-state index contributed by atoms with van der Waals surface area (Å²) in [7, 11) is 0. The summed E-state index contributed by atoms with van der Waals surface area (Å²) in [4.78, 5) is 11.8. The number of amides is 1. The van der Waals surface area contributed by atoms with Gasteiger partial charge in [-0.15, -0.1) is 0 Å². The predicted octanol–water partition coefficient (Wildman–Crippen LogP) is -0.251. The fourth-order valence-corrected chi connectivity index (χ4v) is 1.68. The largest absolute Gasteiger partial charge is 0.376 e. The van der Waals surface area contributed by atoms with Crippen molar-refractivity contribution in [3.8, 4) is 0 Å². The average molecular weight is 230 g/mol. The van der Waals surface area contributed by atoms with E-state index in [4.69, 9.17) is 15.2 Å². The fraction of sp³-hybridized carbons (Fsp3) is 0.909. The number of nitrogens with two attached hydrogens (primary N) is 1. The summed E-state index contributed by atoms with van der Waals surface area (Å²) in [5.74, 6) is 0.143. The van der Waals surface area contributed by atoms with Crippen LogP contribution in [0.4, 0.5) is 0 Å². The first-order chi connectivity index (χ1) is 7.65. The molecule has 16 heavy (non-hydrogen) atoms. The molecule has 5 nitrogen and oxygen atoms in total. The lowest BCUT2D eigenvalue weighted by Gasteiger charge is -2.25. The van der Waals surface area contributed by atoms with E-state index in [1.54, 1.807) is 0 Å². The van der Waals surface area contributed by atoms with Crippen LogP contribution in [-0.4, -0.2) is 44.9 Å². The molecule has 5 heteroatoms.